The van der Waals surface area contributed by atoms with Gasteiger partial charge in [0, 0.05) is 5.02 Å². The first-order chi connectivity index (χ1) is 11.0. The Labute approximate surface area is 142 Å². The quantitative estimate of drug-likeness (QED) is 0.828. The van der Waals surface area contributed by atoms with Gasteiger partial charge in [-0.15, -0.1) is 0 Å². The summed E-state index contributed by atoms with van der Waals surface area (Å²) in [6.45, 7) is -0.504. The average Bonchev–Trinajstić information content (AvgIpc) is 2.51. The van der Waals surface area contributed by atoms with E-state index < -0.39 is 24.3 Å². The number of amides is 1. The van der Waals surface area contributed by atoms with E-state index in [9.17, 15) is 14.0 Å². The molecule has 0 saturated heterocycles. The van der Waals surface area contributed by atoms with Gasteiger partial charge in [0.1, 0.15) is 5.82 Å². The van der Waals surface area contributed by atoms with E-state index in [1.165, 1.54) is 30.3 Å². The van der Waals surface area contributed by atoms with Gasteiger partial charge in [-0.25, -0.2) is 4.39 Å². The fourth-order valence-corrected chi connectivity index (χ4v) is 2.11. The largest absolute Gasteiger partial charge is 0.455 e. The van der Waals surface area contributed by atoms with Crippen LogP contribution in [0.2, 0.25) is 10.0 Å². The molecule has 0 fully saturated rings. The molecular weight excluding hydrogens is 344 g/mol. The van der Waals surface area contributed by atoms with Crippen molar-refractivity contribution in [2.75, 3.05) is 11.9 Å². The molecule has 0 aromatic heterocycles. The minimum atomic E-state index is -0.706. The SMILES string of the molecule is O=C(COC(=O)Cc1ccccc1F)Nc1cc(Cl)ccc1Cl. The van der Waals surface area contributed by atoms with E-state index in [1.54, 1.807) is 12.1 Å². The van der Waals surface area contributed by atoms with E-state index in [1.807, 2.05) is 0 Å². The molecule has 0 saturated carbocycles. The van der Waals surface area contributed by atoms with Crippen LogP contribution in [0, 0.1) is 5.82 Å². The molecule has 1 amide bonds. The molecule has 1 N–H and O–H groups in total. The van der Waals surface area contributed by atoms with Crippen LogP contribution >= 0.6 is 23.2 Å². The van der Waals surface area contributed by atoms with Crippen LogP contribution in [0.4, 0.5) is 10.1 Å². The number of esters is 1. The minimum absolute atomic E-state index is 0.204. The lowest BCUT2D eigenvalue weighted by Crippen LogP contribution is -2.22. The Kier molecular flexibility index (Phi) is 5.96. The van der Waals surface area contributed by atoms with Crippen molar-refractivity contribution in [1.82, 2.24) is 0 Å². The van der Waals surface area contributed by atoms with Gasteiger partial charge in [0.25, 0.3) is 5.91 Å². The van der Waals surface area contributed by atoms with Crippen LogP contribution in [0.1, 0.15) is 5.56 Å². The van der Waals surface area contributed by atoms with Crippen LogP contribution in [0.15, 0.2) is 42.5 Å². The Morgan fingerprint density at radius 3 is 2.61 bits per heavy atom. The lowest BCUT2D eigenvalue weighted by Gasteiger charge is -2.08. The van der Waals surface area contributed by atoms with Gasteiger partial charge in [-0.1, -0.05) is 41.4 Å². The summed E-state index contributed by atoms with van der Waals surface area (Å²) in [7, 11) is 0. The maximum Gasteiger partial charge on any atom is 0.310 e. The highest BCUT2D eigenvalue weighted by molar-refractivity contribution is 6.35. The van der Waals surface area contributed by atoms with Crippen molar-refractivity contribution in [2.24, 2.45) is 0 Å². The molecule has 0 heterocycles. The van der Waals surface area contributed by atoms with Crippen LogP contribution in [0.5, 0.6) is 0 Å². The Morgan fingerprint density at radius 1 is 1.13 bits per heavy atom. The van der Waals surface area contributed by atoms with Gasteiger partial charge in [-0.05, 0) is 29.8 Å². The molecule has 120 valence electrons. The second kappa shape index (κ2) is 7.94. The first kappa shape index (κ1) is 17.2. The van der Waals surface area contributed by atoms with E-state index >= 15 is 0 Å². The van der Waals surface area contributed by atoms with Crippen LogP contribution in [-0.2, 0) is 20.7 Å². The van der Waals surface area contributed by atoms with Crippen molar-refractivity contribution in [2.45, 2.75) is 6.42 Å². The summed E-state index contributed by atoms with van der Waals surface area (Å²) in [6, 6.07) is 10.4. The molecule has 2 rings (SSSR count). The molecule has 2 aromatic rings. The van der Waals surface area contributed by atoms with Gasteiger partial charge in [0.15, 0.2) is 6.61 Å². The van der Waals surface area contributed by atoms with E-state index in [4.69, 9.17) is 27.9 Å². The molecule has 0 aliphatic rings. The zero-order valence-corrected chi connectivity index (χ0v) is 13.3. The number of nitrogens with one attached hydrogen (secondary N) is 1. The highest BCUT2D eigenvalue weighted by Crippen LogP contribution is 2.25. The molecule has 0 bridgehead atoms. The molecule has 0 radical (unpaired) electrons. The van der Waals surface area contributed by atoms with Crippen LogP contribution in [0.3, 0.4) is 0 Å². The van der Waals surface area contributed by atoms with Gasteiger partial charge in [-0.3, -0.25) is 9.59 Å². The molecular formula is C16H12Cl2FNO3. The third kappa shape index (κ3) is 5.23. The van der Waals surface area contributed by atoms with Gasteiger partial charge in [-0.2, -0.15) is 0 Å². The Hall–Kier alpha value is -2.11. The number of rotatable bonds is 5. The van der Waals surface area contributed by atoms with E-state index in [0.29, 0.717) is 15.7 Å². The van der Waals surface area contributed by atoms with Gasteiger partial charge >= 0.3 is 5.97 Å². The highest BCUT2D eigenvalue weighted by atomic mass is 35.5. The van der Waals surface area contributed by atoms with Gasteiger partial charge in [0.05, 0.1) is 17.1 Å². The van der Waals surface area contributed by atoms with E-state index in [0.717, 1.165) is 0 Å². The van der Waals surface area contributed by atoms with Crippen molar-refractivity contribution < 1.29 is 18.7 Å². The van der Waals surface area contributed by atoms with Crippen molar-refractivity contribution in [3.05, 3.63) is 63.9 Å². The highest BCUT2D eigenvalue weighted by Gasteiger charge is 2.12. The number of hydrogen-bond donors (Lipinski definition) is 1. The zero-order valence-electron chi connectivity index (χ0n) is 11.8. The number of ether oxygens (including phenoxy) is 1. The molecule has 0 aliphatic carbocycles. The predicted octanol–water partition coefficient (Wildman–Crippen LogP) is 3.86. The first-order valence-corrected chi connectivity index (χ1v) is 7.35. The van der Waals surface area contributed by atoms with E-state index in [-0.39, 0.29) is 12.0 Å². The number of carbonyl (C=O) groups excluding carboxylic acids is 2. The maximum atomic E-state index is 13.4. The summed E-state index contributed by atoms with van der Waals surface area (Å²) in [4.78, 5) is 23.4. The summed E-state index contributed by atoms with van der Waals surface area (Å²) in [5, 5.41) is 3.18. The molecule has 0 atom stereocenters. The topological polar surface area (TPSA) is 55.4 Å². The summed E-state index contributed by atoms with van der Waals surface area (Å²) in [5.74, 6) is -1.78. The molecule has 7 heteroatoms. The molecule has 0 unspecified atom stereocenters. The fraction of sp³-hybridized carbons (Fsp3) is 0.125. The van der Waals surface area contributed by atoms with Crippen molar-refractivity contribution >= 4 is 40.8 Å². The molecule has 2 aromatic carbocycles. The molecule has 23 heavy (non-hydrogen) atoms. The van der Waals surface area contributed by atoms with Crippen molar-refractivity contribution in [1.29, 1.82) is 0 Å². The normalized spacial score (nSPS) is 10.2. The van der Waals surface area contributed by atoms with Crippen molar-refractivity contribution in [3.63, 3.8) is 0 Å². The Morgan fingerprint density at radius 2 is 1.87 bits per heavy atom. The predicted molar refractivity (Wildman–Crippen MR) is 86.2 cm³/mol. The number of anilines is 1. The lowest BCUT2D eigenvalue weighted by molar-refractivity contribution is -0.146. The standard InChI is InChI=1S/C16H12Cl2FNO3/c17-11-5-6-12(18)14(8-11)20-15(21)9-23-16(22)7-10-3-1-2-4-13(10)19/h1-6,8H,7,9H2,(H,20,21). The van der Waals surface area contributed by atoms with Gasteiger partial charge < -0.3 is 10.1 Å². The van der Waals surface area contributed by atoms with Crippen LogP contribution in [0.25, 0.3) is 0 Å². The third-order valence-electron chi connectivity index (χ3n) is 2.86. The minimum Gasteiger partial charge on any atom is -0.455 e. The van der Waals surface area contributed by atoms with Gasteiger partial charge in [0.2, 0.25) is 0 Å². The zero-order chi connectivity index (χ0) is 16.8. The number of carbonyl (C=O) groups is 2. The monoisotopic (exact) mass is 355 g/mol. The molecule has 0 aliphatic heterocycles. The van der Waals surface area contributed by atoms with Crippen LogP contribution < -0.4 is 5.32 Å². The number of halogens is 3. The summed E-state index contributed by atoms with van der Waals surface area (Å²) in [6.07, 6.45) is -0.252. The number of hydrogen-bond acceptors (Lipinski definition) is 3. The smallest absolute Gasteiger partial charge is 0.310 e. The third-order valence-corrected chi connectivity index (χ3v) is 3.42. The molecule has 4 nitrogen and oxygen atoms in total. The Balaban J connectivity index is 1.85. The second-order valence-corrected chi connectivity index (χ2v) is 5.44. The summed E-state index contributed by atoms with van der Waals surface area (Å²) >= 11 is 11.7. The first-order valence-electron chi connectivity index (χ1n) is 6.59. The summed E-state index contributed by atoms with van der Waals surface area (Å²) < 4.78 is 18.2. The second-order valence-electron chi connectivity index (χ2n) is 4.60. The van der Waals surface area contributed by atoms with E-state index in [2.05, 4.69) is 5.32 Å². The summed E-state index contributed by atoms with van der Waals surface area (Å²) in [5.41, 5.74) is 0.519. The lowest BCUT2D eigenvalue weighted by atomic mass is 10.1. The molecule has 0 spiro atoms. The van der Waals surface area contributed by atoms with Crippen LogP contribution in [-0.4, -0.2) is 18.5 Å². The number of benzene rings is 2. The van der Waals surface area contributed by atoms with Crippen molar-refractivity contribution in [3.8, 4) is 0 Å². The maximum absolute atomic E-state index is 13.4. The average molecular weight is 356 g/mol. The fourth-order valence-electron chi connectivity index (χ4n) is 1.77. The Bertz CT molecular complexity index is 737.